The Balaban J connectivity index is 2.45. The number of benzene rings is 2. The van der Waals surface area contributed by atoms with Gasteiger partial charge in [0.15, 0.2) is 0 Å². The van der Waals surface area contributed by atoms with E-state index in [0.29, 0.717) is 21.9 Å². The van der Waals surface area contributed by atoms with Gasteiger partial charge in [-0.3, -0.25) is 4.79 Å². The van der Waals surface area contributed by atoms with E-state index in [1.165, 1.54) is 0 Å². The molecule has 0 fully saturated rings. The van der Waals surface area contributed by atoms with Gasteiger partial charge in [0, 0.05) is 9.99 Å². The number of halogens is 1. The summed E-state index contributed by atoms with van der Waals surface area (Å²) >= 11 is 2.33. The summed E-state index contributed by atoms with van der Waals surface area (Å²) < 4.78 is 6.97. The highest BCUT2D eigenvalue weighted by molar-refractivity contribution is 14.1. The Morgan fingerprint density at radius 2 is 2.00 bits per heavy atom. The van der Waals surface area contributed by atoms with Crippen LogP contribution in [-0.2, 0) is 0 Å². The molecule has 0 saturated carbocycles. The first-order valence-electron chi connectivity index (χ1n) is 7.69. The first-order chi connectivity index (χ1) is 11.7. The molecule has 0 bridgehead atoms. The Bertz CT molecular complexity index is 1040. The van der Waals surface area contributed by atoms with Gasteiger partial charge in [-0.05, 0) is 42.3 Å². The van der Waals surface area contributed by atoms with E-state index in [9.17, 15) is 4.79 Å². The fraction of sp³-hybridized carbons (Fsp3) is 0.0952. The lowest BCUT2D eigenvalue weighted by Gasteiger charge is -2.08. The van der Waals surface area contributed by atoms with E-state index in [1.807, 2.05) is 43.3 Å². The highest BCUT2D eigenvalue weighted by Gasteiger charge is 2.12. The predicted molar refractivity (Wildman–Crippen MR) is 112 cm³/mol. The minimum Gasteiger partial charge on any atom is -0.455 e. The molecule has 0 spiro atoms. The van der Waals surface area contributed by atoms with Gasteiger partial charge in [-0.1, -0.05) is 65.6 Å². The van der Waals surface area contributed by atoms with Crippen molar-refractivity contribution in [3.05, 3.63) is 82.1 Å². The molecule has 0 aliphatic heterocycles. The molecule has 0 saturated heterocycles. The summed E-state index contributed by atoms with van der Waals surface area (Å²) in [7, 11) is 0. The molecule has 3 aromatic rings. The van der Waals surface area contributed by atoms with Crippen molar-refractivity contribution in [3.63, 3.8) is 0 Å². The molecular weight excluding hydrogens is 411 g/mol. The molecule has 3 heteroatoms. The zero-order valence-electron chi connectivity index (χ0n) is 13.4. The van der Waals surface area contributed by atoms with Crippen LogP contribution in [0.25, 0.3) is 34.1 Å². The van der Waals surface area contributed by atoms with Crippen molar-refractivity contribution in [2.24, 2.45) is 0 Å². The summed E-state index contributed by atoms with van der Waals surface area (Å²) in [5.41, 5.74) is 4.22. The third kappa shape index (κ3) is 2.96. The van der Waals surface area contributed by atoms with Crippen molar-refractivity contribution in [1.82, 2.24) is 0 Å². The first kappa shape index (κ1) is 16.7. The lowest BCUT2D eigenvalue weighted by molar-refractivity contribution is 0.659. The topological polar surface area (TPSA) is 30.2 Å². The van der Waals surface area contributed by atoms with Crippen molar-refractivity contribution in [2.75, 3.05) is 4.43 Å². The van der Waals surface area contributed by atoms with E-state index < -0.39 is 0 Å². The van der Waals surface area contributed by atoms with E-state index >= 15 is 0 Å². The third-order valence-corrected chi connectivity index (χ3v) is 4.78. The van der Waals surface area contributed by atoms with Crippen LogP contribution in [0, 0.1) is 0 Å². The molecule has 0 atom stereocenters. The van der Waals surface area contributed by atoms with Crippen molar-refractivity contribution in [1.29, 1.82) is 0 Å². The normalized spacial score (nSPS) is 12.3. The van der Waals surface area contributed by atoms with Crippen molar-refractivity contribution in [3.8, 4) is 0 Å². The molecule has 24 heavy (non-hydrogen) atoms. The molecule has 1 heterocycles. The lowest BCUT2D eigenvalue weighted by atomic mass is 10.0. The highest BCUT2D eigenvalue weighted by Crippen LogP contribution is 2.27. The maximum absolute atomic E-state index is 12.8. The van der Waals surface area contributed by atoms with Crippen LogP contribution in [0.3, 0.4) is 0 Å². The maximum atomic E-state index is 12.8. The average molecular weight is 428 g/mol. The molecule has 120 valence electrons. The van der Waals surface area contributed by atoms with Gasteiger partial charge in [0.2, 0.25) is 5.43 Å². The standard InChI is InChI=1S/C21H17IO2/c1-3-7-14(13-22)12-18-15(4-2)10-11-17-20(23)16-8-5-6-9-19(16)24-21(17)18/h3-12H,2,13H2,1H3/b7-3+,14-12-. The summed E-state index contributed by atoms with van der Waals surface area (Å²) in [4.78, 5) is 12.8. The van der Waals surface area contributed by atoms with Crippen LogP contribution >= 0.6 is 22.6 Å². The molecular formula is C21H17IO2. The van der Waals surface area contributed by atoms with Gasteiger partial charge in [0.05, 0.1) is 10.8 Å². The molecule has 1 aromatic heterocycles. The quantitative estimate of drug-likeness (QED) is 0.221. The Hall–Kier alpha value is -2.14. The second-order valence-electron chi connectivity index (χ2n) is 5.43. The summed E-state index contributed by atoms with van der Waals surface area (Å²) in [6.45, 7) is 5.88. The molecule has 0 unspecified atom stereocenters. The molecule has 0 amide bonds. The number of hydrogen-bond acceptors (Lipinski definition) is 2. The van der Waals surface area contributed by atoms with Gasteiger partial charge in [-0.2, -0.15) is 0 Å². The fourth-order valence-corrected chi connectivity index (χ4v) is 3.23. The number of allylic oxidation sites excluding steroid dienone is 3. The number of fused-ring (bicyclic) bond motifs is 2. The number of para-hydroxylation sites is 1. The Morgan fingerprint density at radius 1 is 1.21 bits per heavy atom. The second-order valence-corrected chi connectivity index (χ2v) is 6.19. The maximum Gasteiger partial charge on any atom is 0.200 e. The minimum atomic E-state index is -0.000769. The van der Waals surface area contributed by atoms with Gasteiger partial charge in [-0.15, -0.1) is 0 Å². The SMILES string of the molecule is C=Cc1ccc2c(=O)c3ccccc3oc2c1/C=C(/C=C/C)CI. The third-order valence-electron chi connectivity index (χ3n) is 3.90. The molecule has 2 aromatic carbocycles. The Kier molecular flexibility index (Phi) is 5.00. The van der Waals surface area contributed by atoms with E-state index in [1.54, 1.807) is 12.1 Å². The first-order valence-corrected chi connectivity index (χ1v) is 9.22. The van der Waals surface area contributed by atoms with Gasteiger partial charge in [0.1, 0.15) is 11.2 Å². The summed E-state index contributed by atoms with van der Waals surface area (Å²) in [5, 5.41) is 1.20. The smallest absolute Gasteiger partial charge is 0.200 e. The predicted octanol–water partition coefficient (Wildman–Crippen LogP) is 5.98. The van der Waals surface area contributed by atoms with Gasteiger partial charge in [0.25, 0.3) is 0 Å². The van der Waals surface area contributed by atoms with Crippen LogP contribution in [0.15, 0.2) is 69.9 Å². The van der Waals surface area contributed by atoms with Crippen LogP contribution in [0.1, 0.15) is 18.1 Å². The van der Waals surface area contributed by atoms with Crippen LogP contribution < -0.4 is 5.43 Å². The Labute approximate surface area is 154 Å². The summed E-state index contributed by atoms with van der Waals surface area (Å²) in [6.07, 6.45) is 7.94. The largest absolute Gasteiger partial charge is 0.455 e. The van der Waals surface area contributed by atoms with Crippen LogP contribution in [0.4, 0.5) is 0 Å². The van der Waals surface area contributed by atoms with E-state index in [0.717, 1.165) is 21.1 Å². The van der Waals surface area contributed by atoms with Crippen LogP contribution in [0.2, 0.25) is 0 Å². The zero-order chi connectivity index (χ0) is 17.1. The lowest BCUT2D eigenvalue weighted by Crippen LogP contribution is -2.03. The molecule has 0 N–H and O–H groups in total. The monoisotopic (exact) mass is 428 g/mol. The molecule has 3 rings (SSSR count). The van der Waals surface area contributed by atoms with Crippen LogP contribution in [0.5, 0.6) is 0 Å². The highest BCUT2D eigenvalue weighted by atomic mass is 127. The van der Waals surface area contributed by atoms with Gasteiger partial charge < -0.3 is 4.42 Å². The van der Waals surface area contributed by atoms with Crippen molar-refractivity contribution in [2.45, 2.75) is 6.92 Å². The zero-order valence-corrected chi connectivity index (χ0v) is 15.5. The van der Waals surface area contributed by atoms with E-state index in [-0.39, 0.29) is 5.43 Å². The van der Waals surface area contributed by atoms with Gasteiger partial charge >= 0.3 is 0 Å². The van der Waals surface area contributed by atoms with E-state index in [4.69, 9.17) is 4.42 Å². The molecule has 0 radical (unpaired) electrons. The van der Waals surface area contributed by atoms with Crippen molar-refractivity contribution < 1.29 is 4.42 Å². The number of hydrogen-bond donors (Lipinski definition) is 0. The molecule has 0 aliphatic carbocycles. The minimum absolute atomic E-state index is 0.000769. The molecule has 2 nitrogen and oxygen atoms in total. The number of rotatable bonds is 4. The number of alkyl halides is 1. The van der Waals surface area contributed by atoms with Crippen LogP contribution in [-0.4, -0.2) is 4.43 Å². The summed E-state index contributed by atoms with van der Waals surface area (Å²) in [6, 6.07) is 11.1. The second kappa shape index (κ2) is 7.18. The van der Waals surface area contributed by atoms with Gasteiger partial charge in [-0.25, -0.2) is 0 Å². The molecule has 0 aliphatic rings. The fourth-order valence-electron chi connectivity index (χ4n) is 2.76. The van der Waals surface area contributed by atoms with E-state index in [2.05, 4.69) is 41.3 Å². The van der Waals surface area contributed by atoms with Crippen molar-refractivity contribution >= 4 is 56.7 Å². The average Bonchev–Trinajstić information content (AvgIpc) is 2.62. The Morgan fingerprint density at radius 3 is 2.71 bits per heavy atom. The summed E-state index contributed by atoms with van der Waals surface area (Å²) in [5.74, 6) is 0.